The summed E-state index contributed by atoms with van der Waals surface area (Å²) in [5, 5.41) is 17.7. The molecule has 4 heterocycles. The van der Waals surface area contributed by atoms with Crippen LogP contribution in [0.1, 0.15) is 16.7 Å². The molecule has 0 spiro atoms. The summed E-state index contributed by atoms with van der Waals surface area (Å²) >= 11 is 3.31. The molecule has 116 valence electrons. The Bertz CT molecular complexity index is 829. The van der Waals surface area contributed by atoms with Crippen LogP contribution in [-0.4, -0.2) is 48.9 Å². The Morgan fingerprint density at radius 1 is 1.04 bits per heavy atom. The number of allylic oxidation sites excluding steroid dienone is 1. The molecule has 0 amide bonds. The van der Waals surface area contributed by atoms with E-state index in [1.807, 2.05) is 0 Å². The molecular formula is C17H16N4S2. The molecule has 0 saturated carbocycles. The van der Waals surface area contributed by atoms with E-state index in [9.17, 15) is 5.26 Å². The van der Waals surface area contributed by atoms with Gasteiger partial charge in [-0.2, -0.15) is 16.6 Å². The number of rotatable bonds is 0. The van der Waals surface area contributed by atoms with Gasteiger partial charge >= 0.3 is 0 Å². The van der Waals surface area contributed by atoms with Gasteiger partial charge in [0.15, 0.2) is 0 Å². The minimum atomic E-state index is 0.978. The summed E-state index contributed by atoms with van der Waals surface area (Å²) < 4.78 is 0. The lowest BCUT2D eigenvalue weighted by molar-refractivity contribution is 0.216. The van der Waals surface area contributed by atoms with Gasteiger partial charge in [0.2, 0.25) is 0 Å². The van der Waals surface area contributed by atoms with Crippen molar-refractivity contribution < 1.29 is 0 Å². The minimum absolute atomic E-state index is 0.978. The van der Waals surface area contributed by atoms with Gasteiger partial charge in [-0.25, -0.2) is 4.99 Å². The highest BCUT2D eigenvalue weighted by Crippen LogP contribution is 2.40. The Morgan fingerprint density at radius 2 is 1.74 bits per heavy atom. The van der Waals surface area contributed by atoms with E-state index in [0.717, 1.165) is 60.0 Å². The number of amidine groups is 1. The van der Waals surface area contributed by atoms with Crippen LogP contribution in [0.3, 0.4) is 0 Å². The molecule has 1 saturated heterocycles. The van der Waals surface area contributed by atoms with Gasteiger partial charge in [-0.3, -0.25) is 0 Å². The largest absolute Gasteiger partial charge is 0.353 e. The third-order valence-corrected chi connectivity index (χ3v) is 5.84. The number of likely N-dealkylation sites (N-methyl/N-ethyl adjacent to an activating group) is 1. The molecule has 2 aromatic heterocycles. The monoisotopic (exact) mass is 340 g/mol. The summed E-state index contributed by atoms with van der Waals surface area (Å²) in [6.45, 7) is 4.08. The molecule has 0 N–H and O–H groups in total. The first kappa shape index (κ1) is 14.6. The topological polar surface area (TPSA) is 42.6 Å². The molecule has 0 unspecified atom stereocenters. The molecule has 4 nitrogen and oxygen atoms in total. The molecule has 0 aromatic carbocycles. The van der Waals surface area contributed by atoms with Gasteiger partial charge in [0, 0.05) is 70.7 Å². The van der Waals surface area contributed by atoms with Gasteiger partial charge in [0.1, 0.15) is 5.84 Å². The Balaban J connectivity index is 1.86. The summed E-state index contributed by atoms with van der Waals surface area (Å²) in [6.07, 6.45) is 1.65. The minimum Gasteiger partial charge on any atom is -0.353 e. The summed E-state index contributed by atoms with van der Waals surface area (Å²) in [5.74, 6) is 1.05. The van der Waals surface area contributed by atoms with Crippen molar-refractivity contribution in [3.8, 4) is 6.07 Å². The lowest BCUT2D eigenvalue weighted by Gasteiger charge is -2.34. The molecule has 0 aliphatic carbocycles. The maximum atomic E-state index is 9.21. The highest BCUT2D eigenvalue weighted by atomic mass is 32.1. The standard InChI is InChI=1S/C17H16N4S2/c1-20-4-6-21(7-5-20)17-15-10-22-8-13(15)12(2-3-18)14-9-23-11-16(14)19-17/h2,8-11H,4-7H2,1H3/b12-2-. The number of fused-ring (bicyclic) bond motifs is 2. The number of thiophene rings is 2. The maximum Gasteiger partial charge on any atom is 0.138 e. The van der Waals surface area contributed by atoms with Crippen LogP contribution in [0.15, 0.2) is 32.6 Å². The average Bonchev–Trinajstić information content (AvgIpc) is 3.19. The first-order valence-electron chi connectivity index (χ1n) is 7.53. The van der Waals surface area contributed by atoms with Gasteiger partial charge in [-0.15, -0.1) is 11.3 Å². The number of piperazine rings is 1. The van der Waals surface area contributed by atoms with Gasteiger partial charge in [-0.05, 0) is 12.4 Å². The number of nitrogens with zero attached hydrogens (tertiary/aromatic N) is 4. The molecule has 23 heavy (non-hydrogen) atoms. The number of aliphatic imine (C=N–C) groups is 1. The van der Waals surface area contributed by atoms with E-state index in [1.54, 1.807) is 28.7 Å². The SMILES string of the molecule is CN1CCN(C2=Nc3cscc3/C(=C\C#N)c3cscc32)CC1. The third kappa shape index (κ3) is 2.51. The predicted octanol–water partition coefficient (Wildman–Crippen LogP) is 3.40. The van der Waals surface area contributed by atoms with Gasteiger partial charge in [-0.1, -0.05) is 0 Å². The summed E-state index contributed by atoms with van der Waals surface area (Å²) in [7, 11) is 2.16. The maximum absolute atomic E-state index is 9.21. The third-order valence-electron chi connectivity index (χ3n) is 4.36. The van der Waals surface area contributed by atoms with Crippen molar-refractivity contribution in [1.29, 1.82) is 5.26 Å². The fourth-order valence-corrected chi connectivity index (χ4v) is 4.64. The number of nitriles is 1. The van der Waals surface area contributed by atoms with Crippen molar-refractivity contribution in [2.45, 2.75) is 0 Å². The van der Waals surface area contributed by atoms with Crippen LogP contribution in [0.25, 0.3) is 5.57 Å². The van der Waals surface area contributed by atoms with E-state index >= 15 is 0 Å². The smallest absolute Gasteiger partial charge is 0.138 e. The second-order valence-electron chi connectivity index (χ2n) is 5.78. The number of hydrogen-bond acceptors (Lipinski definition) is 6. The van der Waals surface area contributed by atoms with Crippen LogP contribution in [0, 0.1) is 11.3 Å². The highest BCUT2D eigenvalue weighted by molar-refractivity contribution is 7.09. The molecule has 2 aromatic rings. The van der Waals surface area contributed by atoms with Crippen molar-refractivity contribution in [2.24, 2.45) is 4.99 Å². The van der Waals surface area contributed by atoms with Crippen molar-refractivity contribution in [3.63, 3.8) is 0 Å². The molecule has 0 bridgehead atoms. The Kier molecular flexibility index (Phi) is 3.77. The molecule has 0 atom stereocenters. The summed E-state index contributed by atoms with van der Waals surface area (Å²) in [6, 6.07) is 2.20. The van der Waals surface area contributed by atoms with Gasteiger partial charge < -0.3 is 9.80 Å². The van der Waals surface area contributed by atoms with Crippen LogP contribution >= 0.6 is 22.7 Å². The quantitative estimate of drug-likeness (QED) is 0.690. The average molecular weight is 340 g/mol. The zero-order valence-electron chi connectivity index (χ0n) is 12.8. The van der Waals surface area contributed by atoms with Crippen LogP contribution in [0.5, 0.6) is 0 Å². The second-order valence-corrected chi connectivity index (χ2v) is 7.27. The summed E-state index contributed by atoms with van der Waals surface area (Å²) in [5.41, 5.74) is 5.33. The molecule has 4 rings (SSSR count). The van der Waals surface area contributed by atoms with Gasteiger partial charge in [0.05, 0.1) is 11.8 Å². The lowest BCUT2D eigenvalue weighted by atomic mass is 9.99. The van der Waals surface area contributed by atoms with Crippen molar-refractivity contribution in [1.82, 2.24) is 9.80 Å². The Morgan fingerprint density at radius 3 is 2.52 bits per heavy atom. The van der Waals surface area contributed by atoms with E-state index in [1.165, 1.54) is 0 Å². The zero-order valence-corrected chi connectivity index (χ0v) is 14.5. The first-order valence-corrected chi connectivity index (χ1v) is 9.42. The molecule has 2 aliphatic heterocycles. The molecule has 2 aliphatic rings. The van der Waals surface area contributed by atoms with Gasteiger partial charge in [0.25, 0.3) is 0 Å². The van der Waals surface area contributed by atoms with E-state index in [-0.39, 0.29) is 0 Å². The van der Waals surface area contributed by atoms with E-state index in [2.05, 4.69) is 44.4 Å². The van der Waals surface area contributed by atoms with E-state index < -0.39 is 0 Å². The molecule has 6 heteroatoms. The zero-order chi connectivity index (χ0) is 15.8. The fourth-order valence-electron chi connectivity index (χ4n) is 3.06. The van der Waals surface area contributed by atoms with Crippen LogP contribution < -0.4 is 0 Å². The first-order chi connectivity index (χ1) is 11.3. The van der Waals surface area contributed by atoms with E-state index in [0.29, 0.717) is 0 Å². The molecular weight excluding hydrogens is 324 g/mol. The number of hydrogen-bond donors (Lipinski definition) is 0. The lowest BCUT2D eigenvalue weighted by Crippen LogP contribution is -2.47. The second kappa shape index (κ2) is 5.93. The summed E-state index contributed by atoms with van der Waals surface area (Å²) in [4.78, 5) is 9.71. The molecule has 1 fully saturated rings. The fraction of sp³-hybridized carbons (Fsp3) is 0.294. The van der Waals surface area contributed by atoms with Crippen LogP contribution in [0.2, 0.25) is 0 Å². The Hall–Kier alpha value is -1.94. The predicted molar refractivity (Wildman–Crippen MR) is 96.6 cm³/mol. The normalized spacial score (nSPS) is 19.7. The highest BCUT2D eigenvalue weighted by Gasteiger charge is 2.27. The van der Waals surface area contributed by atoms with Crippen molar-refractivity contribution >= 4 is 39.8 Å². The molecule has 0 radical (unpaired) electrons. The van der Waals surface area contributed by atoms with Crippen LogP contribution in [0.4, 0.5) is 5.69 Å². The van der Waals surface area contributed by atoms with Crippen molar-refractivity contribution in [2.75, 3.05) is 33.2 Å². The van der Waals surface area contributed by atoms with E-state index in [4.69, 9.17) is 4.99 Å². The van der Waals surface area contributed by atoms with Crippen molar-refractivity contribution in [3.05, 3.63) is 44.3 Å². The van der Waals surface area contributed by atoms with Crippen LogP contribution in [-0.2, 0) is 0 Å². The Labute approximate surface area is 143 Å².